The van der Waals surface area contributed by atoms with Crippen LogP contribution in [0.15, 0.2) is 36.5 Å². The molecule has 0 aromatic carbocycles. The third-order valence-electron chi connectivity index (χ3n) is 6.61. The highest BCUT2D eigenvalue weighted by atomic mass is 16.3. The molecule has 0 aromatic heterocycles. The van der Waals surface area contributed by atoms with Crippen molar-refractivity contribution in [3.8, 4) is 0 Å². The van der Waals surface area contributed by atoms with Gasteiger partial charge in [0.1, 0.15) is 0 Å². The molecule has 3 aliphatic carbocycles. The fraction of sp³-hybridized carbons (Fsp3) is 0.700. The van der Waals surface area contributed by atoms with E-state index in [9.17, 15) is 5.11 Å². The Bertz CT molecular complexity index is 498. The molecule has 3 saturated carbocycles. The fourth-order valence-corrected chi connectivity index (χ4v) is 5.62. The van der Waals surface area contributed by atoms with Crippen LogP contribution in [0.3, 0.4) is 0 Å². The number of aliphatic hydroxyl groups is 1. The smallest absolute Gasteiger partial charge is 0.0830 e. The van der Waals surface area contributed by atoms with Gasteiger partial charge in [-0.1, -0.05) is 43.4 Å². The molecule has 3 fully saturated rings. The van der Waals surface area contributed by atoms with E-state index in [1.165, 1.54) is 18.4 Å². The first-order valence-electron chi connectivity index (χ1n) is 8.53. The Kier molecular flexibility index (Phi) is 3.48. The van der Waals surface area contributed by atoms with Crippen molar-refractivity contribution in [3.63, 3.8) is 0 Å². The minimum atomic E-state index is -0.683. The van der Waals surface area contributed by atoms with Gasteiger partial charge in [0.15, 0.2) is 0 Å². The predicted molar refractivity (Wildman–Crippen MR) is 88.9 cm³/mol. The number of hydrogen-bond acceptors (Lipinski definition) is 1. The van der Waals surface area contributed by atoms with Crippen LogP contribution in [0.5, 0.6) is 0 Å². The van der Waals surface area contributed by atoms with Gasteiger partial charge in [-0.2, -0.15) is 0 Å². The Morgan fingerprint density at radius 2 is 2.14 bits per heavy atom. The second kappa shape index (κ2) is 4.84. The average molecular weight is 286 g/mol. The molecule has 0 aliphatic heterocycles. The molecule has 0 aromatic rings. The van der Waals surface area contributed by atoms with E-state index in [2.05, 4.69) is 26.2 Å². The molecule has 0 saturated heterocycles. The highest BCUT2D eigenvalue weighted by Crippen LogP contribution is 2.79. The van der Waals surface area contributed by atoms with Crippen LogP contribution in [0.2, 0.25) is 0 Å². The molecule has 0 radical (unpaired) electrons. The maximum absolute atomic E-state index is 11.0. The summed E-state index contributed by atoms with van der Waals surface area (Å²) in [5.74, 6) is 2.67. The van der Waals surface area contributed by atoms with E-state index in [4.69, 9.17) is 0 Å². The van der Waals surface area contributed by atoms with E-state index in [0.29, 0.717) is 17.3 Å². The third kappa shape index (κ3) is 2.16. The van der Waals surface area contributed by atoms with Gasteiger partial charge in [-0.25, -0.2) is 0 Å². The van der Waals surface area contributed by atoms with Crippen molar-refractivity contribution in [2.24, 2.45) is 29.1 Å². The van der Waals surface area contributed by atoms with Crippen molar-refractivity contribution in [2.45, 2.75) is 58.5 Å². The van der Waals surface area contributed by atoms with E-state index in [0.717, 1.165) is 36.7 Å². The molecule has 1 heteroatoms. The average Bonchev–Trinajstić information content (AvgIpc) is 2.95. The number of hydrogen-bond donors (Lipinski definition) is 1. The largest absolute Gasteiger partial charge is 0.386 e. The lowest BCUT2D eigenvalue weighted by molar-refractivity contribution is 0.0138. The van der Waals surface area contributed by atoms with Crippen molar-refractivity contribution >= 4 is 0 Å². The highest BCUT2D eigenvalue weighted by Gasteiger charge is 2.74. The van der Waals surface area contributed by atoms with Gasteiger partial charge in [-0.15, -0.1) is 0 Å². The van der Waals surface area contributed by atoms with Gasteiger partial charge in [0, 0.05) is 0 Å². The molecule has 1 spiro atoms. The molecule has 1 nitrogen and oxygen atoms in total. The first kappa shape index (κ1) is 15.1. The first-order valence-corrected chi connectivity index (χ1v) is 8.53. The molecule has 0 amide bonds. The van der Waals surface area contributed by atoms with Gasteiger partial charge >= 0.3 is 0 Å². The summed E-state index contributed by atoms with van der Waals surface area (Å²) in [7, 11) is 0. The summed E-state index contributed by atoms with van der Waals surface area (Å²) in [4.78, 5) is 0. The molecule has 1 N–H and O–H groups in total. The van der Waals surface area contributed by atoms with E-state index >= 15 is 0 Å². The van der Waals surface area contributed by atoms with Gasteiger partial charge in [0.25, 0.3) is 0 Å². The predicted octanol–water partition coefficient (Wildman–Crippen LogP) is 4.89. The summed E-state index contributed by atoms with van der Waals surface area (Å²) in [6.45, 7) is 14.8. The molecule has 116 valence electrons. The Labute approximate surface area is 129 Å². The van der Waals surface area contributed by atoms with Crippen LogP contribution in [-0.2, 0) is 0 Å². The second-order valence-electron chi connectivity index (χ2n) is 8.15. The van der Waals surface area contributed by atoms with E-state index in [1.807, 2.05) is 19.9 Å². The zero-order chi connectivity index (χ0) is 15.4. The van der Waals surface area contributed by atoms with Crippen molar-refractivity contribution in [2.75, 3.05) is 0 Å². The normalized spacial score (nSPS) is 44.3. The fourth-order valence-electron chi connectivity index (χ4n) is 5.62. The summed E-state index contributed by atoms with van der Waals surface area (Å²) in [6.07, 6.45) is 9.86. The molecule has 1 unspecified atom stereocenters. The molecular weight excluding hydrogens is 256 g/mol. The van der Waals surface area contributed by atoms with Gasteiger partial charge in [0.2, 0.25) is 0 Å². The maximum Gasteiger partial charge on any atom is 0.0830 e. The van der Waals surface area contributed by atoms with Crippen LogP contribution in [0.25, 0.3) is 0 Å². The van der Waals surface area contributed by atoms with Crippen LogP contribution in [0, 0.1) is 29.1 Å². The molecule has 21 heavy (non-hydrogen) atoms. The van der Waals surface area contributed by atoms with E-state index in [1.54, 1.807) is 0 Å². The standard InChI is InChI=1S/C20H30O/c1-13(2)7-6-11-19(5,21)16-9-8-15(4)20-12-10-14(3)17(20)18(16)20/h6,11,14,16-18,21H,1,4,7-10,12H2,2-3,5H3/b11-6+/t14-,16-,17+,18+,19?,20-/m1/s1. The molecule has 3 aliphatic rings. The van der Waals surface area contributed by atoms with Gasteiger partial charge in [0.05, 0.1) is 5.60 Å². The monoisotopic (exact) mass is 286 g/mol. The quantitative estimate of drug-likeness (QED) is 0.730. The van der Waals surface area contributed by atoms with Crippen LogP contribution in [0.1, 0.15) is 52.9 Å². The highest BCUT2D eigenvalue weighted by molar-refractivity contribution is 5.36. The van der Waals surface area contributed by atoms with Gasteiger partial charge < -0.3 is 5.11 Å². The van der Waals surface area contributed by atoms with E-state index < -0.39 is 5.60 Å². The SMILES string of the molecule is C=C(C)C/C=C/C(C)(O)[C@@H]1CCC(=C)[C@]23CC[C@@H](C)[C@H]2[C@H]13. The number of rotatable bonds is 4. The van der Waals surface area contributed by atoms with E-state index in [-0.39, 0.29) is 0 Å². The number of allylic oxidation sites excluding steroid dienone is 3. The summed E-state index contributed by atoms with van der Waals surface area (Å²) < 4.78 is 0. The second-order valence-corrected chi connectivity index (χ2v) is 8.15. The van der Waals surface area contributed by atoms with Crippen molar-refractivity contribution < 1.29 is 5.11 Å². The minimum Gasteiger partial charge on any atom is -0.386 e. The van der Waals surface area contributed by atoms with Gasteiger partial charge in [-0.3, -0.25) is 0 Å². The topological polar surface area (TPSA) is 20.2 Å². The lowest BCUT2D eigenvalue weighted by Crippen LogP contribution is -2.38. The Morgan fingerprint density at radius 1 is 1.43 bits per heavy atom. The summed E-state index contributed by atoms with van der Waals surface area (Å²) in [6, 6.07) is 0. The molecule has 3 rings (SSSR count). The van der Waals surface area contributed by atoms with Crippen molar-refractivity contribution in [1.82, 2.24) is 0 Å². The van der Waals surface area contributed by atoms with Crippen molar-refractivity contribution in [1.29, 1.82) is 0 Å². The first-order chi connectivity index (χ1) is 9.80. The van der Waals surface area contributed by atoms with Crippen LogP contribution >= 0.6 is 0 Å². The summed E-state index contributed by atoms with van der Waals surface area (Å²) in [5.41, 5.74) is 2.35. The third-order valence-corrected chi connectivity index (χ3v) is 6.61. The Hall–Kier alpha value is -0.820. The lowest BCUT2D eigenvalue weighted by Gasteiger charge is -2.38. The zero-order valence-electron chi connectivity index (χ0n) is 13.9. The van der Waals surface area contributed by atoms with Crippen molar-refractivity contribution in [3.05, 3.63) is 36.5 Å². The lowest BCUT2D eigenvalue weighted by atomic mass is 9.70. The summed E-state index contributed by atoms with van der Waals surface area (Å²) >= 11 is 0. The van der Waals surface area contributed by atoms with Gasteiger partial charge in [-0.05, 0) is 75.0 Å². The van der Waals surface area contributed by atoms with Crippen LogP contribution in [-0.4, -0.2) is 10.7 Å². The van der Waals surface area contributed by atoms with Crippen LogP contribution in [0.4, 0.5) is 0 Å². The van der Waals surface area contributed by atoms with Crippen LogP contribution < -0.4 is 0 Å². The Balaban J connectivity index is 1.79. The molecular formula is C20H30O. The molecule has 0 heterocycles. The minimum absolute atomic E-state index is 0.397. The summed E-state index contributed by atoms with van der Waals surface area (Å²) in [5, 5.41) is 11.0. The molecule has 0 bridgehead atoms. The maximum atomic E-state index is 11.0. The Morgan fingerprint density at radius 3 is 2.81 bits per heavy atom. The zero-order valence-corrected chi connectivity index (χ0v) is 13.9. The number of fused-ring (bicyclic) bond motifs is 1. The molecule has 6 atom stereocenters.